The molecule has 2 rings (SSSR count). The second-order valence-electron chi connectivity index (χ2n) is 5.76. The van der Waals surface area contributed by atoms with Crippen molar-refractivity contribution >= 4 is 5.69 Å². The van der Waals surface area contributed by atoms with Crippen molar-refractivity contribution in [3.63, 3.8) is 0 Å². The maximum atomic E-state index is 13.3. The van der Waals surface area contributed by atoms with E-state index in [4.69, 9.17) is 5.11 Å². The van der Waals surface area contributed by atoms with Crippen molar-refractivity contribution < 1.29 is 18.3 Å². The van der Waals surface area contributed by atoms with Gasteiger partial charge in [-0.2, -0.15) is 13.2 Å². The number of hydrogen-bond donors (Lipinski definition) is 1. The molecule has 0 aliphatic heterocycles. The fourth-order valence-corrected chi connectivity index (χ4v) is 3.06. The van der Waals surface area contributed by atoms with Crippen LogP contribution in [0.2, 0.25) is 0 Å². The number of anilines is 1. The molecule has 1 aliphatic rings. The molecule has 1 aromatic rings. The van der Waals surface area contributed by atoms with Crippen molar-refractivity contribution in [3.8, 4) is 0 Å². The number of alkyl halides is 3. The molecule has 2 nitrogen and oxygen atoms in total. The zero-order valence-electron chi connectivity index (χ0n) is 12.3. The first-order valence-electron chi connectivity index (χ1n) is 7.47. The van der Waals surface area contributed by atoms with E-state index in [1.807, 2.05) is 0 Å². The molecule has 1 aliphatic carbocycles. The van der Waals surface area contributed by atoms with Crippen LogP contribution in [0.1, 0.15) is 49.7 Å². The first-order valence-corrected chi connectivity index (χ1v) is 7.47. The van der Waals surface area contributed by atoms with Crippen LogP contribution in [0.5, 0.6) is 0 Å². The summed E-state index contributed by atoms with van der Waals surface area (Å²) >= 11 is 0. The minimum absolute atomic E-state index is 0.161. The van der Waals surface area contributed by atoms with Gasteiger partial charge in [-0.15, -0.1) is 0 Å². The number of halogens is 3. The molecular weight excluding hydrogens is 279 g/mol. The molecule has 1 aromatic carbocycles. The Bertz CT molecular complexity index is 465. The Morgan fingerprint density at radius 3 is 2.29 bits per heavy atom. The number of aliphatic hydroxyl groups excluding tert-OH is 1. The smallest absolute Gasteiger partial charge is 0.392 e. The molecule has 0 spiro atoms. The lowest BCUT2D eigenvalue weighted by Crippen LogP contribution is -2.32. The molecule has 0 saturated heterocycles. The average molecular weight is 301 g/mol. The summed E-state index contributed by atoms with van der Waals surface area (Å²) in [6, 6.07) is 4.27. The minimum Gasteiger partial charge on any atom is -0.392 e. The van der Waals surface area contributed by atoms with Crippen molar-refractivity contribution in [2.75, 3.05) is 11.9 Å². The van der Waals surface area contributed by atoms with Gasteiger partial charge in [0.05, 0.1) is 12.2 Å². The summed E-state index contributed by atoms with van der Waals surface area (Å²) in [6.07, 6.45) is 1.96. The van der Waals surface area contributed by atoms with Crippen LogP contribution in [0.4, 0.5) is 18.9 Å². The molecule has 1 N–H and O–H groups in total. The predicted molar refractivity (Wildman–Crippen MR) is 77.3 cm³/mol. The molecule has 0 atom stereocenters. The van der Waals surface area contributed by atoms with E-state index in [0.717, 1.165) is 31.7 Å². The van der Waals surface area contributed by atoms with Gasteiger partial charge in [0, 0.05) is 18.8 Å². The van der Waals surface area contributed by atoms with E-state index in [1.165, 1.54) is 18.9 Å². The van der Waals surface area contributed by atoms with Crippen molar-refractivity contribution in [1.29, 1.82) is 0 Å². The number of rotatable bonds is 3. The minimum atomic E-state index is -4.40. The molecule has 0 amide bonds. The van der Waals surface area contributed by atoms with E-state index in [9.17, 15) is 13.2 Å². The molecule has 0 radical (unpaired) electrons. The molecule has 0 unspecified atom stereocenters. The molecule has 0 heterocycles. The fraction of sp³-hybridized carbons (Fsp3) is 0.625. The van der Waals surface area contributed by atoms with E-state index in [-0.39, 0.29) is 18.3 Å². The lowest BCUT2D eigenvalue weighted by Gasteiger charge is -2.31. The van der Waals surface area contributed by atoms with Gasteiger partial charge in [-0.1, -0.05) is 31.7 Å². The molecule has 1 saturated carbocycles. The van der Waals surface area contributed by atoms with Crippen molar-refractivity contribution in [3.05, 3.63) is 29.3 Å². The van der Waals surface area contributed by atoms with Gasteiger partial charge in [0.1, 0.15) is 0 Å². The first-order chi connectivity index (χ1) is 9.93. The Kier molecular flexibility index (Phi) is 5.14. The SMILES string of the molecule is CN(c1ccc(CO)cc1C(F)(F)F)C1CCCCCC1. The monoisotopic (exact) mass is 301 g/mol. The summed E-state index contributed by atoms with van der Waals surface area (Å²) in [6.45, 7) is -0.378. The zero-order chi connectivity index (χ0) is 15.5. The highest BCUT2D eigenvalue weighted by atomic mass is 19.4. The lowest BCUT2D eigenvalue weighted by atomic mass is 10.0. The number of aliphatic hydroxyl groups is 1. The third-order valence-corrected chi connectivity index (χ3v) is 4.30. The van der Waals surface area contributed by atoms with Crippen LogP contribution in [-0.2, 0) is 12.8 Å². The van der Waals surface area contributed by atoms with Gasteiger partial charge >= 0.3 is 6.18 Å². The molecular formula is C16H22F3NO. The van der Waals surface area contributed by atoms with Crippen LogP contribution >= 0.6 is 0 Å². The normalized spacial score (nSPS) is 17.6. The third kappa shape index (κ3) is 3.90. The van der Waals surface area contributed by atoms with Crippen LogP contribution < -0.4 is 4.90 Å². The maximum Gasteiger partial charge on any atom is 0.418 e. The summed E-state index contributed by atoms with van der Waals surface area (Å²) in [5.41, 5.74) is -0.146. The van der Waals surface area contributed by atoms with Crippen molar-refractivity contribution in [2.45, 2.75) is 57.3 Å². The number of benzene rings is 1. The van der Waals surface area contributed by atoms with E-state index in [2.05, 4.69) is 0 Å². The summed E-state index contributed by atoms with van der Waals surface area (Å²) in [7, 11) is 1.75. The standard InChI is InChI=1S/C16H22F3NO/c1-20(13-6-4-2-3-5-7-13)15-9-8-12(11-21)10-14(15)16(17,18)19/h8-10,13,21H,2-7,11H2,1H3. The summed E-state index contributed by atoms with van der Waals surface area (Å²) in [5, 5.41) is 9.06. The second kappa shape index (κ2) is 6.69. The van der Waals surface area contributed by atoms with E-state index in [1.54, 1.807) is 18.0 Å². The first kappa shape index (κ1) is 16.1. The van der Waals surface area contributed by atoms with Gasteiger partial charge < -0.3 is 10.0 Å². The van der Waals surface area contributed by atoms with Crippen LogP contribution in [0.3, 0.4) is 0 Å². The average Bonchev–Trinajstić information content (AvgIpc) is 2.74. The second-order valence-corrected chi connectivity index (χ2v) is 5.76. The molecule has 118 valence electrons. The third-order valence-electron chi connectivity index (χ3n) is 4.30. The van der Waals surface area contributed by atoms with Gasteiger partial charge in [0.25, 0.3) is 0 Å². The highest BCUT2D eigenvalue weighted by Crippen LogP contribution is 2.38. The molecule has 1 fully saturated rings. The topological polar surface area (TPSA) is 23.5 Å². The van der Waals surface area contributed by atoms with Crippen LogP contribution in [0.15, 0.2) is 18.2 Å². The Balaban J connectivity index is 2.32. The van der Waals surface area contributed by atoms with Gasteiger partial charge in [0.2, 0.25) is 0 Å². The highest BCUT2D eigenvalue weighted by molar-refractivity contribution is 5.56. The van der Waals surface area contributed by atoms with Crippen LogP contribution in [0.25, 0.3) is 0 Å². The lowest BCUT2D eigenvalue weighted by molar-refractivity contribution is -0.137. The van der Waals surface area contributed by atoms with Gasteiger partial charge in [0.15, 0.2) is 0 Å². The quantitative estimate of drug-likeness (QED) is 0.839. The van der Waals surface area contributed by atoms with Crippen molar-refractivity contribution in [2.24, 2.45) is 0 Å². The summed E-state index contributed by atoms with van der Waals surface area (Å²) in [4.78, 5) is 1.77. The van der Waals surface area contributed by atoms with E-state index in [0.29, 0.717) is 5.56 Å². The molecule has 0 aromatic heterocycles. The van der Waals surface area contributed by atoms with Gasteiger partial charge in [-0.3, -0.25) is 0 Å². The van der Waals surface area contributed by atoms with E-state index < -0.39 is 11.7 Å². The summed E-state index contributed by atoms with van der Waals surface area (Å²) < 4.78 is 39.8. The van der Waals surface area contributed by atoms with Crippen LogP contribution in [-0.4, -0.2) is 18.2 Å². The number of hydrogen-bond acceptors (Lipinski definition) is 2. The highest BCUT2D eigenvalue weighted by Gasteiger charge is 2.35. The van der Waals surface area contributed by atoms with Gasteiger partial charge in [-0.25, -0.2) is 0 Å². The Morgan fingerprint density at radius 2 is 1.76 bits per heavy atom. The Hall–Kier alpha value is -1.23. The Morgan fingerprint density at radius 1 is 1.14 bits per heavy atom. The van der Waals surface area contributed by atoms with E-state index >= 15 is 0 Å². The summed E-state index contributed by atoms with van der Waals surface area (Å²) in [5.74, 6) is 0. The molecule has 5 heteroatoms. The van der Waals surface area contributed by atoms with Crippen molar-refractivity contribution in [1.82, 2.24) is 0 Å². The van der Waals surface area contributed by atoms with Crippen LogP contribution in [0, 0.1) is 0 Å². The molecule has 0 bridgehead atoms. The largest absolute Gasteiger partial charge is 0.418 e. The maximum absolute atomic E-state index is 13.3. The number of nitrogens with zero attached hydrogens (tertiary/aromatic N) is 1. The fourth-order valence-electron chi connectivity index (χ4n) is 3.06. The molecule has 21 heavy (non-hydrogen) atoms. The Labute approximate surface area is 123 Å². The zero-order valence-corrected chi connectivity index (χ0v) is 12.3. The van der Waals surface area contributed by atoms with Gasteiger partial charge in [-0.05, 0) is 30.5 Å². The predicted octanol–water partition coefficient (Wildman–Crippen LogP) is 4.36.